The van der Waals surface area contributed by atoms with E-state index < -0.39 is 0 Å². The Bertz CT molecular complexity index is 8020. The second-order valence-electron chi connectivity index (χ2n) is 35.1. The Labute approximate surface area is 790 Å². The zero-order valence-corrected chi connectivity index (χ0v) is 74.6. The molecule has 0 unspecified atom stereocenters. The van der Waals surface area contributed by atoms with Gasteiger partial charge in [-0.15, -0.1) is 0 Å². The molecule has 4 heterocycles. The summed E-state index contributed by atoms with van der Waals surface area (Å²) in [5.74, 6) is 0. The van der Waals surface area contributed by atoms with Gasteiger partial charge >= 0.3 is 0 Å². The molecule has 4 heteroatoms. The molecule has 4 nitrogen and oxygen atoms in total. The SMILES string of the molecule is c1ccc(-c2c(-c3ccccc3)c(-c3ccc(-n4c5ccccc5c5ccccc54)cc3)c(-c3ccccc3)c(-c3ccccc3)c2-c2ccc(-n3c4ccccc4c4ccccc43)cc2)cc1.c1ccc(-c2c(-c3ccccc3)c(-c3ccccc3)c(-c3ccc(-n4c5ccccc5c5ccccc54)cc3)c(-c3ccc(-n4c5ccccc5c5ccccc54)cc3)c2-c2ccccc2)cc1. The first-order valence-electron chi connectivity index (χ1n) is 46.9. The summed E-state index contributed by atoms with van der Waals surface area (Å²) in [6.45, 7) is 0. The lowest BCUT2D eigenvalue weighted by molar-refractivity contribution is 1.18. The van der Waals surface area contributed by atoms with Crippen molar-refractivity contribution >= 4 is 87.2 Å². The number of nitrogens with zero attached hydrogens (tertiary/aromatic N) is 4. The zero-order chi connectivity index (χ0) is 89.9. The number of hydrogen-bond acceptors (Lipinski definition) is 0. The van der Waals surface area contributed by atoms with E-state index in [0.717, 1.165) is 78.4 Å². The standard InChI is InChI=1S/2C66H44N2/c1-5-21-45(22-6-1)61-62(46-23-7-2-8-24-46)66(50-39-43-52(44-40-50)68-59-35-19-15-31-55(59)56-32-16-20-36-60(56)68)64(48-27-11-4-12-28-48)63(47-25-9-3-10-26-47)65(61)49-37-41-51(42-38-49)67-57-33-17-13-29-53(57)54-30-14-18-34-58(54)67;1-5-21-45(22-6-1)61-62(46-23-7-2-8-24-46)64(48-27-11-4-12-28-48)66(50-39-43-52(44-40-50)68-59-35-19-15-31-55(59)56-32-16-20-36-60(56)68)65(63(61)47-25-9-3-10-26-47)49-37-41-51(42-38-49)67-57-33-17-13-29-53(57)54-30-14-18-34-58(54)67/h2*1-44H. The van der Waals surface area contributed by atoms with Crippen LogP contribution in [-0.4, -0.2) is 18.3 Å². The van der Waals surface area contributed by atoms with Gasteiger partial charge in [-0.1, -0.05) is 437 Å². The lowest BCUT2D eigenvalue weighted by Gasteiger charge is -2.29. The second-order valence-corrected chi connectivity index (χ2v) is 35.1. The first-order chi connectivity index (χ1) is 67.6. The fraction of sp³-hybridized carbons (Fsp3) is 0. The molecule has 0 atom stereocenters. The van der Waals surface area contributed by atoms with E-state index in [9.17, 15) is 0 Å². The summed E-state index contributed by atoms with van der Waals surface area (Å²) in [7, 11) is 0. The number of para-hydroxylation sites is 8. The number of rotatable bonds is 16. The van der Waals surface area contributed by atoms with E-state index in [-0.39, 0.29) is 0 Å². The number of fused-ring (bicyclic) bond motifs is 12. The summed E-state index contributed by atoms with van der Waals surface area (Å²) in [6.07, 6.45) is 0. The first-order valence-corrected chi connectivity index (χ1v) is 46.9. The highest BCUT2D eigenvalue weighted by molar-refractivity contribution is 6.19. The lowest BCUT2D eigenvalue weighted by atomic mass is 9.74. The molecule has 0 saturated carbocycles. The van der Waals surface area contributed by atoms with Crippen LogP contribution in [0.5, 0.6) is 0 Å². The predicted octanol–water partition coefficient (Wildman–Crippen LogP) is 35.8. The second kappa shape index (κ2) is 34.4. The number of aromatic nitrogens is 4. The van der Waals surface area contributed by atoms with Crippen LogP contribution < -0.4 is 0 Å². The van der Waals surface area contributed by atoms with Crippen LogP contribution in [0.1, 0.15) is 0 Å². The van der Waals surface area contributed by atoms with Crippen molar-refractivity contribution < 1.29 is 0 Å². The number of hydrogen-bond donors (Lipinski definition) is 0. The van der Waals surface area contributed by atoms with E-state index in [0.29, 0.717) is 0 Å². The third kappa shape index (κ3) is 13.8. The summed E-state index contributed by atoms with van der Waals surface area (Å²) in [6, 6.07) is 195. The molecule has 0 radical (unpaired) electrons. The molecule has 0 N–H and O–H groups in total. The Kier molecular flexibility index (Phi) is 20.3. The van der Waals surface area contributed by atoms with Crippen molar-refractivity contribution in [3.05, 3.63) is 534 Å². The Morgan fingerprint density at radius 3 is 0.294 bits per heavy atom. The minimum Gasteiger partial charge on any atom is -0.309 e. The molecule has 0 fully saturated rings. The monoisotopic (exact) mass is 1730 g/mol. The molecule has 0 aliphatic rings. The van der Waals surface area contributed by atoms with E-state index in [1.165, 1.54) is 165 Å². The Hall–Kier alpha value is -18.0. The van der Waals surface area contributed by atoms with Crippen LogP contribution in [-0.2, 0) is 0 Å². The fourth-order valence-corrected chi connectivity index (χ4v) is 21.7. The van der Waals surface area contributed by atoms with Gasteiger partial charge in [0.2, 0.25) is 0 Å². The fourth-order valence-electron chi connectivity index (χ4n) is 21.7. The van der Waals surface area contributed by atoms with E-state index in [4.69, 9.17) is 0 Å². The Balaban J connectivity index is 0.000000145. The predicted molar refractivity (Wildman–Crippen MR) is 575 cm³/mol. The molecule has 0 aliphatic carbocycles. The maximum absolute atomic E-state index is 2.41. The van der Waals surface area contributed by atoms with Gasteiger partial charge in [0, 0.05) is 65.8 Å². The smallest absolute Gasteiger partial charge is 0.0541 e. The molecule has 136 heavy (non-hydrogen) atoms. The van der Waals surface area contributed by atoms with E-state index in [1.807, 2.05) is 0 Å². The zero-order valence-electron chi connectivity index (χ0n) is 74.6. The van der Waals surface area contributed by atoms with Crippen molar-refractivity contribution in [3.63, 3.8) is 0 Å². The van der Waals surface area contributed by atoms with Crippen molar-refractivity contribution in [2.24, 2.45) is 0 Å². The van der Waals surface area contributed by atoms with E-state index in [1.54, 1.807) is 0 Å². The Morgan fingerprint density at radius 1 is 0.0809 bits per heavy atom. The molecule has 0 spiro atoms. The highest BCUT2D eigenvalue weighted by Gasteiger charge is 2.33. The Morgan fingerprint density at radius 2 is 0.176 bits per heavy atom. The highest BCUT2D eigenvalue weighted by atomic mass is 15.0. The third-order valence-corrected chi connectivity index (χ3v) is 27.5. The summed E-state index contributed by atoms with van der Waals surface area (Å²) < 4.78 is 9.62. The highest BCUT2D eigenvalue weighted by Crippen LogP contribution is 2.59. The minimum absolute atomic E-state index is 1.12. The maximum Gasteiger partial charge on any atom is 0.0541 e. The van der Waals surface area contributed by atoms with Crippen molar-refractivity contribution in [2.75, 3.05) is 0 Å². The molecular formula is C132H88N4. The molecule has 22 aromatic carbocycles. The molecule has 0 amide bonds. The van der Waals surface area contributed by atoms with Gasteiger partial charge in [-0.3, -0.25) is 0 Å². The molecule has 26 rings (SSSR count). The van der Waals surface area contributed by atoms with E-state index in [2.05, 4.69) is 552 Å². The summed E-state index contributed by atoms with van der Waals surface area (Å²) in [4.78, 5) is 0. The van der Waals surface area contributed by atoms with Gasteiger partial charge in [-0.2, -0.15) is 0 Å². The van der Waals surface area contributed by atoms with Crippen LogP contribution in [0.25, 0.3) is 243 Å². The number of benzene rings is 22. The van der Waals surface area contributed by atoms with Crippen LogP contribution in [0.2, 0.25) is 0 Å². The van der Waals surface area contributed by atoms with Gasteiger partial charge in [0.1, 0.15) is 0 Å². The summed E-state index contributed by atoms with van der Waals surface area (Å²) in [5, 5.41) is 10.0. The van der Waals surface area contributed by atoms with Crippen molar-refractivity contribution in [1.82, 2.24) is 18.3 Å². The first kappa shape index (κ1) is 80.1. The largest absolute Gasteiger partial charge is 0.309 e. The minimum atomic E-state index is 1.12. The van der Waals surface area contributed by atoms with Gasteiger partial charge in [-0.05, 0) is 231 Å². The average Bonchev–Trinajstić information content (AvgIpc) is 1.06. The summed E-state index contributed by atoms with van der Waals surface area (Å²) >= 11 is 0. The molecule has 0 aliphatic heterocycles. The normalized spacial score (nSPS) is 11.5. The average molecular weight is 1730 g/mol. The molecule has 4 aromatic heterocycles. The van der Waals surface area contributed by atoms with Gasteiger partial charge in [0.05, 0.1) is 44.1 Å². The molecule has 0 saturated heterocycles. The maximum atomic E-state index is 2.41. The molecular weight excluding hydrogens is 1640 g/mol. The van der Waals surface area contributed by atoms with Gasteiger partial charge in [-0.25, -0.2) is 0 Å². The molecule has 26 aromatic rings. The van der Waals surface area contributed by atoms with Gasteiger partial charge in [0.15, 0.2) is 0 Å². The van der Waals surface area contributed by atoms with Crippen LogP contribution in [0.15, 0.2) is 534 Å². The van der Waals surface area contributed by atoms with Gasteiger partial charge < -0.3 is 18.3 Å². The van der Waals surface area contributed by atoms with Crippen LogP contribution in [0.4, 0.5) is 0 Å². The van der Waals surface area contributed by atoms with Crippen molar-refractivity contribution in [2.45, 2.75) is 0 Å². The quantitative estimate of drug-likeness (QED) is 0.0919. The van der Waals surface area contributed by atoms with Crippen LogP contribution in [0, 0.1) is 0 Å². The van der Waals surface area contributed by atoms with Crippen LogP contribution in [0.3, 0.4) is 0 Å². The van der Waals surface area contributed by atoms with Crippen molar-refractivity contribution in [1.29, 1.82) is 0 Å². The molecule has 636 valence electrons. The van der Waals surface area contributed by atoms with E-state index >= 15 is 0 Å². The van der Waals surface area contributed by atoms with Crippen LogP contribution >= 0.6 is 0 Å². The van der Waals surface area contributed by atoms with Crippen molar-refractivity contribution in [3.8, 4) is 156 Å². The topological polar surface area (TPSA) is 19.7 Å². The molecule has 0 bridgehead atoms. The lowest BCUT2D eigenvalue weighted by Crippen LogP contribution is -2.02. The van der Waals surface area contributed by atoms with Gasteiger partial charge in [0.25, 0.3) is 0 Å². The summed E-state index contributed by atoms with van der Waals surface area (Å²) in [5.41, 5.74) is 42.3. The third-order valence-electron chi connectivity index (χ3n) is 27.5.